The minimum Gasteiger partial charge on any atom is -0.493 e. The second-order valence-electron chi connectivity index (χ2n) is 7.21. The fourth-order valence-electron chi connectivity index (χ4n) is 3.39. The van der Waals surface area contributed by atoms with Crippen molar-refractivity contribution in [1.29, 1.82) is 0 Å². The Balaban J connectivity index is 1.57. The van der Waals surface area contributed by atoms with Crippen LogP contribution in [0.4, 0.5) is 5.69 Å². The largest absolute Gasteiger partial charge is 0.493 e. The second kappa shape index (κ2) is 10.0. The number of anilines is 1. The van der Waals surface area contributed by atoms with Gasteiger partial charge < -0.3 is 25.2 Å². The van der Waals surface area contributed by atoms with Crippen molar-refractivity contribution in [1.82, 2.24) is 19.9 Å². The molecule has 0 saturated carbocycles. The molecule has 2 aromatic heterocycles. The van der Waals surface area contributed by atoms with E-state index in [0.29, 0.717) is 28.4 Å². The van der Waals surface area contributed by atoms with Crippen LogP contribution in [0.25, 0.3) is 16.9 Å². The topological polar surface area (TPSA) is 127 Å². The average molecular weight is 461 g/mol. The minimum absolute atomic E-state index is 0.137. The van der Waals surface area contributed by atoms with Crippen molar-refractivity contribution in [2.45, 2.75) is 0 Å². The highest BCUT2D eigenvalue weighted by atomic mass is 16.5. The van der Waals surface area contributed by atoms with Crippen molar-refractivity contribution in [3.63, 3.8) is 0 Å². The van der Waals surface area contributed by atoms with Crippen molar-refractivity contribution in [2.24, 2.45) is 0 Å². The van der Waals surface area contributed by atoms with Gasteiger partial charge in [0.2, 0.25) is 0 Å². The van der Waals surface area contributed by atoms with Crippen LogP contribution in [0.3, 0.4) is 0 Å². The fraction of sp³-hybridized carbons (Fsp3) is 0.167. The molecule has 0 spiro atoms. The van der Waals surface area contributed by atoms with Gasteiger partial charge in [0.1, 0.15) is 0 Å². The van der Waals surface area contributed by atoms with E-state index in [9.17, 15) is 9.59 Å². The quantitative estimate of drug-likeness (QED) is 0.368. The highest BCUT2D eigenvalue weighted by Gasteiger charge is 2.16. The average Bonchev–Trinajstić information content (AvgIpc) is 3.32. The zero-order valence-electron chi connectivity index (χ0n) is 18.6. The van der Waals surface area contributed by atoms with Gasteiger partial charge in [0.05, 0.1) is 26.5 Å². The Bertz CT molecular complexity index is 1330. The number of nitrogens with zero attached hydrogens (tertiary/aromatic N) is 3. The number of aromatic nitrogens is 3. The molecule has 0 unspecified atom stereocenters. The molecule has 0 radical (unpaired) electrons. The third kappa shape index (κ3) is 4.66. The molecule has 2 aromatic carbocycles. The van der Waals surface area contributed by atoms with Gasteiger partial charge in [-0.2, -0.15) is 5.10 Å². The summed E-state index contributed by atoms with van der Waals surface area (Å²) in [6.07, 6.45) is 1.64. The molecular formula is C24H23N5O5. The number of ether oxygens (including phenoxy) is 2. The summed E-state index contributed by atoms with van der Waals surface area (Å²) < 4.78 is 12.3. The van der Waals surface area contributed by atoms with Crippen LogP contribution in [0, 0.1) is 0 Å². The maximum Gasteiger partial charge on any atom is 0.276 e. The molecule has 0 aliphatic rings. The molecule has 0 saturated heterocycles. The van der Waals surface area contributed by atoms with E-state index < -0.39 is 5.91 Å². The molecule has 10 nitrogen and oxygen atoms in total. The van der Waals surface area contributed by atoms with E-state index in [1.165, 1.54) is 0 Å². The van der Waals surface area contributed by atoms with Crippen molar-refractivity contribution in [2.75, 3.05) is 32.7 Å². The number of carbonyl (C=O) groups excluding carboxylic acids is 2. The van der Waals surface area contributed by atoms with Gasteiger partial charge in [-0.15, -0.1) is 0 Å². The first-order chi connectivity index (χ1) is 16.5. The number of hydrogen-bond donors (Lipinski definition) is 3. The van der Waals surface area contributed by atoms with Gasteiger partial charge in [-0.05, 0) is 48.5 Å². The summed E-state index contributed by atoms with van der Waals surface area (Å²) in [7, 11) is 3.13. The maximum absolute atomic E-state index is 12.8. The molecule has 10 heteroatoms. The molecule has 0 aliphatic heterocycles. The Labute approximate surface area is 195 Å². The fourth-order valence-corrected chi connectivity index (χ4v) is 3.39. The summed E-state index contributed by atoms with van der Waals surface area (Å²) in [5, 5.41) is 18.6. The molecule has 4 aromatic rings. The van der Waals surface area contributed by atoms with Crippen molar-refractivity contribution >= 4 is 23.1 Å². The number of fused-ring (bicyclic) bond motifs is 1. The van der Waals surface area contributed by atoms with Crippen LogP contribution >= 0.6 is 0 Å². The molecule has 34 heavy (non-hydrogen) atoms. The van der Waals surface area contributed by atoms with Gasteiger partial charge in [-0.25, -0.2) is 9.50 Å². The van der Waals surface area contributed by atoms with Gasteiger partial charge in [0.15, 0.2) is 22.8 Å². The van der Waals surface area contributed by atoms with E-state index in [1.807, 2.05) is 12.1 Å². The Hall–Kier alpha value is -4.44. The lowest BCUT2D eigenvalue weighted by molar-refractivity contribution is 0.0944. The Kier molecular flexibility index (Phi) is 6.69. The van der Waals surface area contributed by atoms with Crippen molar-refractivity contribution < 1.29 is 24.2 Å². The number of benzene rings is 2. The first kappa shape index (κ1) is 22.7. The summed E-state index contributed by atoms with van der Waals surface area (Å²) in [4.78, 5) is 29.1. The number of nitrogens with one attached hydrogen (secondary N) is 2. The molecule has 174 valence electrons. The third-order valence-electron chi connectivity index (χ3n) is 5.07. The lowest BCUT2D eigenvalue weighted by atomic mass is 10.1. The minimum atomic E-state index is -0.416. The zero-order chi connectivity index (χ0) is 24.1. The van der Waals surface area contributed by atoms with Crippen LogP contribution in [0.15, 0.2) is 60.8 Å². The molecule has 3 N–H and O–H groups in total. The summed E-state index contributed by atoms with van der Waals surface area (Å²) in [5.74, 6) is 0.458. The van der Waals surface area contributed by atoms with E-state index in [-0.39, 0.29) is 24.8 Å². The molecule has 0 bridgehead atoms. The van der Waals surface area contributed by atoms with Crippen LogP contribution in [-0.4, -0.2) is 58.9 Å². The van der Waals surface area contributed by atoms with E-state index in [0.717, 1.165) is 11.3 Å². The number of carbonyl (C=O) groups is 2. The number of methoxy groups -OCH3 is 2. The molecule has 0 atom stereocenters. The van der Waals surface area contributed by atoms with Crippen LogP contribution in [0.1, 0.15) is 20.8 Å². The normalized spacial score (nSPS) is 10.7. The Morgan fingerprint density at radius 1 is 0.971 bits per heavy atom. The number of amides is 2. The molecule has 2 amide bonds. The molecule has 0 aliphatic carbocycles. The van der Waals surface area contributed by atoms with Crippen LogP contribution in [0.2, 0.25) is 0 Å². The Morgan fingerprint density at radius 3 is 2.44 bits per heavy atom. The molecular weight excluding hydrogens is 438 g/mol. The summed E-state index contributed by atoms with van der Waals surface area (Å²) in [5.41, 5.74) is 3.16. The maximum atomic E-state index is 12.8. The molecule has 4 rings (SSSR count). The predicted molar refractivity (Wildman–Crippen MR) is 125 cm³/mol. The van der Waals surface area contributed by atoms with E-state index in [4.69, 9.17) is 14.6 Å². The SMILES string of the molecule is COc1ccc(-c2ccnc3cc(C(=O)Nc4ccc(C(=O)NCCO)cc4)nn23)cc1OC. The second-order valence-corrected chi connectivity index (χ2v) is 7.21. The summed E-state index contributed by atoms with van der Waals surface area (Å²) >= 11 is 0. The summed E-state index contributed by atoms with van der Waals surface area (Å²) in [6, 6.07) is 15.3. The van der Waals surface area contributed by atoms with Gasteiger partial charge in [-0.1, -0.05) is 0 Å². The van der Waals surface area contributed by atoms with Gasteiger partial charge in [0.25, 0.3) is 11.8 Å². The van der Waals surface area contributed by atoms with Crippen LogP contribution in [-0.2, 0) is 0 Å². The number of aliphatic hydroxyl groups is 1. The van der Waals surface area contributed by atoms with Crippen LogP contribution in [0.5, 0.6) is 11.5 Å². The lowest BCUT2D eigenvalue weighted by Crippen LogP contribution is -2.26. The van der Waals surface area contributed by atoms with E-state index in [1.54, 1.807) is 67.4 Å². The number of aliphatic hydroxyl groups excluding tert-OH is 1. The molecule has 2 heterocycles. The standard InChI is InChI=1S/C24H23N5O5/c1-33-20-8-5-16(13-21(20)34-2)19-9-10-25-22-14-18(28-29(19)22)24(32)27-17-6-3-15(4-7-17)23(31)26-11-12-30/h3-10,13-14,30H,11-12H2,1-2H3,(H,26,31)(H,27,32). The van der Waals surface area contributed by atoms with Gasteiger partial charge in [-0.3, -0.25) is 9.59 Å². The predicted octanol–water partition coefficient (Wildman–Crippen LogP) is 2.39. The van der Waals surface area contributed by atoms with E-state index >= 15 is 0 Å². The van der Waals surface area contributed by atoms with Gasteiger partial charge >= 0.3 is 0 Å². The zero-order valence-corrected chi connectivity index (χ0v) is 18.6. The highest BCUT2D eigenvalue weighted by Crippen LogP contribution is 2.32. The first-order valence-electron chi connectivity index (χ1n) is 10.4. The number of hydrogen-bond acceptors (Lipinski definition) is 7. The lowest BCUT2D eigenvalue weighted by Gasteiger charge is -2.10. The Morgan fingerprint density at radius 2 is 1.74 bits per heavy atom. The van der Waals surface area contributed by atoms with E-state index in [2.05, 4.69) is 20.7 Å². The number of rotatable bonds is 8. The smallest absolute Gasteiger partial charge is 0.276 e. The third-order valence-corrected chi connectivity index (χ3v) is 5.07. The van der Waals surface area contributed by atoms with Crippen molar-refractivity contribution in [3.8, 4) is 22.8 Å². The van der Waals surface area contributed by atoms with Crippen LogP contribution < -0.4 is 20.1 Å². The summed E-state index contributed by atoms with van der Waals surface area (Å²) in [6.45, 7) is 0.0337. The first-order valence-corrected chi connectivity index (χ1v) is 10.4. The van der Waals surface area contributed by atoms with Crippen molar-refractivity contribution in [3.05, 3.63) is 72.1 Å². The monoisotopic (exact) mass is 461 g/mol. The molecule has 0 fully saturated rings. The highest BCUT2D eigenvalue weighted by molar-refractivity contribution is 6.04. The van der Waals surface area contributed by atoms with Gasteiger partial charge in [0, 0.05) is 35.6 Å².